The van der Waals surface area contributed by atoms with Crippen LogP contribution in [-0.2, 0) is 9.59 Å². The van der Waals surface area contributed by atoms with Crippen LogP contribution in [0.2, 0.25) is 5.02 Å². The van der Waals surface area contributed by atoms with E-state index < -0.39 is 17.8 Å². The van der Waals surface area contributed by atoms with Gasteiger partial charge in [-0.25, -0.2) is 14.0 Å². The van der Waals surface area contributed by atoms with Crippen molar-refractivity contribution < 1.29 is 38.4 Å². The molecular weight excluding hydrogens is 457 g/mol. The van der Waals surface area contributed by atoms with E-state index in [1.807, 2.05) is 0 Å². The standard InChI is InChI=1S/C19H21ClFNO3.C4H4O4/c1-23-18-9-14(20)4-6-17(18)25-19-10-15(21)5-7-16(19)24-12-13-3-2-8-22-11-13;5-3(6)1-2-4(7)8/h4-7,9-10,13,22H,2-3,8,11-12H2,1H3;1-2H,(H,5,6)(H,7,8)/b;2-1+/t13-;/m0./s1. The van der Waals surface area contributed by atoms with Gasteiger partial charge in [0.2, 0.25) is 0 Å². The third kappa shape index (κ3) is 9.38. The summed E-state index contributed by atoms with van der Waals surface area (Å²) in [5.74, 6) is -0.736. The van der Waals surface area contributed by atoms with E-state index in [0.29, 0.717) is 52.7 Å². The predicted molar refractivity (Wildman–Crippen MR) is 120 cm³/mol. The smallest absolute Gasteiger partial charge is 0.328 e. The van der Waals surface area contributed by atoms with Gasteiger partial charge in [0.1, 0.15) is 5.82 Å². The molecule has 2 aromatic rings. The lowest BCUT2D eigenvalue weighted by atomic mass is 10.0. The Bertz CT molecular complexity index is 961. The van der Waals surface area contributed by atoms with E-state index in [9.17, 15) is 14.0 Å². The molecule has 0 spiro atoms. The number of halogens is 2. The first-order valence-corrected chi connectivity index (χ1v) is 10.4. The van der Waals surface area contributed by atoms with E-state index in [1.165, 1.54) is 19.2 Å². The fraction of sp³-hybridized carbons (Fsp3) is 0.304. The molecule has 3 N–H and O–H groups in total. The molecule has 0 bridgehead atoms. The van der Waals surface area contributed by atoms with Crippen LogP contribution in [0.25, 0.3) is 0 Å². The highest BCUT2D eigenvalue weighted by molar-refractivity contribution is 6.30. The molecule has 2 aromatic carbocycles. The minimum Gasteiger partial charge on any atom is -0.493 e. The molecular formula is C23H25ClFNO7. The predicted octanol–water partition coefficient (Wildman–Crippen LogP) is 4.37. The number of ether oxygens (including phenoxy) is 3. The van der Waals surface area contributed by atoms with Crippen molar-refractivity contribution in [1.82, 2.24) is 5.32 Å². The Morgan fingerprint density at radius 3 is 2.39 bits per heavy atom. The van der Waals surface area contributed by atoms with Gasteiger partial charge in [-0.1, -0.05) is 11.6 Å². The first kappa shape index (κ1) is 26.0. The molecule has 0 radical (unpaired) electrons. The molecule has 1 fully saturated rings. The molecule has 33 heavy (non-hydrogen) atoms. The lowest BCUT2D eigenvalue weighted by Crippen LogP contribution is -2.33. The number of rotatable bonds is 8. The Morgan fingerprint density at radius 1 is 1.09 bits per heavy atom. The van der Waals surface area contributed by atoms with Gasteiger partial charge in [0.15, 0.2) is 23.0 Å². The fourth-order valence-corrected chi connectivity index (χ4v) is 3.10. The maximum absolute atomic E-state index is 13.7. The van der Waals surface area contributed by atoms with Gasteiger partial charge in [-0.05, 0) is 43.7 Å². The molecule has 1 aliphatic rings. The van der Waals surface area contributed by atoms with Crippen LogP contribution >= 0.6 is 11.6 Å². The van der Waals surface area contributed by atoms with Crippen LogP contribution in [0.3, 0.4) is 0 Å². The van der Waals surface area contributed by atoms with Crippen LogP contribution in [0.1, 0.15) is 12.8 Å². The number of carboxylic acid groups (broad SMARTS) is 2. The molecule has 178 valence electrons. The van der Waals surface area contributed by atoms with Crippen molar-refractivity contribution in [3.63, 3.8) is 0 Å². The molecule has 0 aromatic heterocycles. The summed E-state index contributed by atoms with van der Waals surface area (Å²) in [6.07, 6.45) is 3.38. The normalized spacial score (nSPS) is 15.3. The highest BCUT2D eigenvalue weighted by Gasteiger charge is 2.16. The van der Waals surface area contributed by atoms with Crippen LogP contribution < -0.4 is 19.5 Å². The van der Waals surface area contributed by atoms with E-state index >= 15 is 0 Å². The summed E-state index contributed by atoms with van der Waals surface area (Å²) < 4.78 is 30.7. The van der Waals surface area contributed by atoms with Crippen molar-refractivity contribution >= 4 is 23.5 Å². The maximum atomic E-state index is 13.7. The van der Waals surface area contributed by atoms with Crippen LogP contribution in [-0.4, -0.2) is 49.0 Å². The minimum atomic E-state index is -1.26. The van der Waals surface area contributed by atoms with Gasteiger partial charge in [0.05, 0.1) is 13.7 Å². The fourth-order valence-electron chi connectivity index (χ4n) is 2.94. The summed E-state index contributed by atoms with van der Waals surface area (Å²) in [7, 11) is 1.53. The average molecular weight is 482 g/mol. The number of hydrogen-bond donors (Lipinski definition) is 3. The van der Waals surface area contributed by atoms with E-state index in [1.54, 1.807) is 24.3 Å². The molecule has 1 heterocycles. The highest BCUT2D eigenvalue weighted by atomic mass is 35.5. The lowest BCUT2D eigenvalue weighted by Gasteiger charge is -2.23. The van der Waals surface area contributed by atoms with Gasteiger partial charge in [0, 0.05) is 41.8 Å². The zero-order chi connectivity index (χ0) is 24.2. The SMILES string of the molecule is COc1cc(Cl)ccc1Oc1cc(F)ccc1OC[C@H]1CCCNC1.O=C(O)/C=C/C(=O)O. The molecule has 0 amide bonds. The number of hydrogen-bond acceptors (Lipinski definition) is 6. The summed E-state index contributed by atoms with van der Waals surface area (Å²) >= 11 is 5.96. The van der Waals surface area contributed by atoms with E-state index in [2.05, 4.69) is 5.32 Å². The molecule has 0 unspecified atom stereocenters. The molecule has 8 nitrogen and oxygen atoms in total. The number of benzene rings is 2. The van der Waals surface area contributed by atoms with E-state index in [4.69, 9.17) is 36.0 Å². The summed E-state index contributed by atoms with van der Waals surface area (Å²) in [5, 5.41) is 19.5. The highest BCUT2D eigenvalue weighted by Crippen LogP contribution is 2.38. The summed E-state index contributed by atoms with van der Waals surface area (Å²) in [6, 6.07) is 9.27. The topological polar surface area (TPSA) is 114 Å². The number of aliphatic carboxylic acids is 2. The van der Waals surface area contributed by atoms with Gasteiger partial charge in [0.25, 0.3) is 0 Å². The number of carboxylic acids is 2. The third-order valence-electron chi connectivity index (χ3n) is 4.49. The summed E-state index contributed by atoms with van der Waals surface area (Å²) in [5.41, 5.74) is 0. The molecule has 1 aliphatic heterocycles. The summed E-state index contributed by atoms with van der Waals surface area (Å²) in [6.45, 7) is 2.55. The Kier molecular flexibility index (Phi) is 10.5. The largest absolute Gasteiger partial charge is 0.493 e. The number of piperidine rings is 1. The summed E-state index contributed by atoms with van der Waals surface area (Å²) in [4.78, 5) is 19.1. The van der Waals surface area contributed by atoms with Gasteiger partial charge in [-0.2, -0.15) is 0 Å². The van der Waals surface area contributed by atoms with Crippen LogP contribution in [0, 0.1) is 11.7 Å². The maximum Gasteiger partial charge on any atom is 0.328 e. The molecule has 0 aliphatic carbocycles. The van der Waals surface area contributed by atoms with Gasteiger partial charge in [-0.15, -0.1) is 0 Å². The average Bonchev–Trinajstić information content (AvgIpc) is 2.79. The Morgan fingerprint density at radius 2 is 1.79 bits per heavy atom. The molecule has 10 heteroatoms. The lowest BCUT2D eigenvalue weighted by molar-refractivity contribution is -0.134. The Balaban J connectivity index is 0.000000414. The van der Waals surface area contributed by atoms with E-state index in [0.717, 1.165) is 25.9 Å². The monoisotopic (exact) mass is 481 g/mol. The first-order valence-electron chi connectivity index (χ1n) is 10.1. The second kappa shape index (κ2) is 13.3. The zero-order valence-corrected chi connectivity index (χ0v) is 18.7. The second-order valence-electron chi connectivity index (χ2n) is 7.02. The van der Waals surface area contributed by atoms with Crippen molar-refractivity contribution in [2.24, 2.45) is 5.92 Å². The van der Waals surface area contributed by atoms with E-state index in [-0.39, 0.29) is 0 Å². The van der Waals surface area contributed by atoms with Crippen LogP contribution in [0.4, 0.5) is 4.39 Å². The minimum absolute atomic E-state index is 0.310. The second-order valence-corrected chi connectivity index (χ2v) is 7.46. The van der Waals surface area contributed by atoms with Crippen molar-refractivity contribution in [2.75, 3.05) is 26.8 Å². The molecule has 0 saturated carbocycles. The first-order chi connectivity index (χ1) is 15.8. The number of methoxy groups -OCH3 is 1. The molecule has 1 saturated heterocycles. The van der Waals surface area contributed by atoms with Gasteiger partial charge < -0.3 is 29.7 Å². The number of nitrogens with one attached hydrogen (secondary N) is 1. The van der Waals surface area contributed by atoms with Crippen LogP contribution in [0.15, 0.2) is 48.6 Å². The quantitative estimate of drug-likeness (QED) is 0.476. The van der Waals surface area contributed by atoms with Crippen molar-refractivity contribution in [3.05, 3.63) is 59.4 Å². The molecule has 1 atom stereocenters. The third-order valence-corrected chi connectivity index (χ3v) is 4.73. The zero-order valence-electron chi connectivity index (χ0n) is 17.9. The van der Waals surface area contributed by atoms with Crippen molar-refractivity contribution in [3.8, 4) is 23.0 Å². The number of carbonyl (C=O) groups is 2. The van der Waals surface area contributed by atoms with Gasteiger partial charge >= 0.3 is 11.9 Å². The Labute approximate surface area is 195 Å². The van der Waals surface area contributed by atoms with Crippen molar-refractivity contribution in [1.29, 1.82) is 0 Å². The van der Waals surface area contributed by atoms with Gasteiger partial charge in [-0.3, -0.25) is 0 Å². The van der Waals surface area contributed by atoms with Crippen molar-refractivity contribution in [2.45, 2.75) is 12.8 Å². The Hall–Kier alpha value is -3.30. The molecule has 3 rings (SSSR count). The van der Waals surface area contributed by atoms with Crippen LogP contribution in [0.5, 0.6) is 23.0 Å².